The van der Waals surface area contributed by atoms with Crippen LogP contribution in [0.25, 0.3) is 0 Å². The zero-order valence-electron chi connectivity index (χ0n) is 21.6. The van der Waals surface area contributed by atoms with Gasteiger partial charge < -0.3 is 30.3 Å². The second-order valence-electron chi connectivity index (χ2n) is 9.72. The fourth-order valence-electron chi connectivity index (χ4n) is 5.13. The van der Waals surface area contributed by atoms with Crippen LogP contribution in [0.4, 0.5) is 5.69 Å². The lowest BCUT2D eigenvalue weighted by Gasteiger charge is -2.65. The zero-order chi connectivity index (χ0) is 26.8. The number of aliphatic hydroxyl groups is 2. The predicted molar refractivity (Wildman–Crippen MR) is 148 cm³/mol. The van der Waals surface area contributed by atoms with Crippen molar-refractivity contribution in [1.82, 2.24) is 5.32 Å². The van der Waals surface area contributed by atoms with Gasteiger partial charge >= 0.3 is 0 Å². The molecule has 0 bridgehead atoms. The van der Waals surface area contributed by atoms with E-state index in [0.717, 1.165) is 29.8 Å². The molecule has 0 aliphatic carbocycles. The van der Waals surface area contributed by atoms with Crippen molar-refractivity contribution in [2.75, 3.05) is 37.5 Å². The number of para-hydroxylation sites is 1. The Balaban J connectivity index is 1.67. The van der Waals surface area contributed by atoms with Gasteiger partial charge in [0.15, 0.2) is 6.04 Å². The van der Waals surface area contributed by atoms with Gasteiger partial charge in [-0.25, -0.2) is 0 Å². The Kier molecular flexibility index (Phi) is 10.8. The molecule has 37 heavy (non-hydrogen) atoms. The Bertz CT molecular complexity index is 1070. The summed E-state index contributed by atoms with van der Waals surface area (Å²) in [5, 5.41) is 37.4. The number of unbranched alkanes of at least 4 members (excludes halogenated alkanes) is 1. The Labute approximate surface area is 225 Å². The number of alkyl halides is 1. The third kappa shape index (κ3) is 7.25. The number of likely N-dealkylation sites (tertiary alicyclic amines) is 1. The molecule has 3 N–H and O–H groups in total. The number of hydrogen-bond acceptors (Lipinski definition) is 5. The summed E-state index contributed by atoms with van der Waals surface area (Å²) in [6, 6.07) is 15.6. The van der Waals surface area contributed by atoms with E-state index in [1.807, 2.05) is 61.6 Å². The highest BCUT2D eigenvalue weighted by atomic mass is 35.5. The van der Waals surface area contributed by atoms with E-state index in [1.54, 1.807) is 6.92 Å². The monoisotopic (exact) mass is 527 g/mol. The molecule has 0 saturated carbocycles. The van der Waals surface area contributed by atoms with E-state index in [1.165, 1.54) is 0 Å². The minimum atomic E-state index is -0.998. The van der Waals surface area contributed by atoms with Gasteiger partial charge in [0.2, 0.25) is 0 Å². The van der Waals surface area contributed by atoms with Crippen LogP contribution in [0.3, 0.4) is 0 Å². The fraction of sp³-hybridized carbons (Fsp3) is 0.483. The molecule has 1 amide bonds. The van der Waals surface area contributed by atoms with Gasteiger partial charge in [-0.1, -0.05) is 42.2 Å². The number of anilines is 1. The number of rotatable bonds is 12. The van der Waals surface area contributed by atoms with Gasteiger partial charge in [0.25, 0.3) is 5.91 Å². The summed E-state index contributed by atoms with van der Waals surface area (Å²) in [5.41, 5.74) is 2.62. The number of hydrogen-bond donors (Lipinski definition) is 3. The molecule has 0 spiro atoms. The highest BCUT2D eigenvalue weighted by molar-refractivity contribution is 6.17. The highest BCUT2D eigenvalue weighted by Crippen LogP contribution is 2.44. The first-order valence-corrected chi connectivity index (χ1v) is 13.4. The SMILES string of the molecule is C[C@@H](O)[C@H]1[C@@H](CO)[N+]([O-])(Cc2cccc(C#CCCCCl)c2)[C@H]1C(=O)NCCCN(C)c1ccccc1. The first-order chi connectivity index (χ1) is 17.8. The molecule has 1 unspecified atom stereocenters. The van der Waals surface area contributed by atoms with E-state index in [0.29, 0.717) is 25.3 Å². The van der Waals surface area contributed by atoms with Crippen LogP contribution in [0.15, 0.2) is 54.6 Å². The molecule has 1 saturated heterocycles. The Morgan fingerprint density at radius 3 is 2.65 bits per heavy atom. The van der Waals surface area contributed by atoms with Gasteiger partial charge in [-0.3, -0.25) is 4.79 Å². The van der Waals surface area contributed by atoms with E-state index in [9.17, 15) is 20.2 Å². The van der Waals surface area contributed by atoms with Crippen molar-refractivity contribution >= 4 is 23.2 Å². The Morgan fingerprint density at radius 1 is 1.22 bits per heavy atom. The van der Waals surface area contributed by atoms with Crippen molar-refractivity contribution in [3.05, 3.63) is 70.9 Å². The first-order valence-electron chi connectivity index (χ1n) is 12.9. The third-order valence-corrected chi connectivity index (χ3v) is 7.31. The number of carbonyl (C=O) groups excluding carboxylic acids is 1. The van der Waals surface area contributed by atoms with E-state index in [2.05, 4.69) is 22.1 Å². The molecule has 1 fully saturated rings. The summed E-state index contributed by atoms with van der Waals surface area (Å²) in [7, 11) is 1.99. The molecule has 1 aliphatic rings. The maximum absolute atomic E-state index is 14.1. The Hall–Kier alpha value is -2.60. The quantitative estimate of drug-likeness (QED) is 0.129. The van der Waals surface area contributed by atoms with Crippen molar-refractivity contribution in [1.29, 1.82) is 0 Å². The molecule has 0 radical (unpaired) electrons. The van der Waals surface area contributed by atoms with Crippen LogP contribution in [0, 0.1) is 23.0 Å². The molecular formula is C29H38ClN3O4. The number of nitrogens with one attached hydrogen (secondary N) is 1. The summed E-state index contributed by atoms with van der Waals surface area (Å²) < 4.78 is -0.898. The molecule has 2 aromatic carbocycles. The number of amides is 1. The van der Waals surface area contributed by atoms with Crippen LogP contribution in [0.1, 0.15) is 37.3 Å². The molecule has 7 nitrogen and oxygen atoms in total. The molecular weight excluding hydrogens is 490 g/mol. The number of aliphatic hydroxyl groups excluding tert-OH is 2. The largest absolute Gasteiger partial charge is 0.632 e. The lowest BCUT2D eigenvalue weighted by molar-refractivity contribution is -0.988. The average molecular weight is 528 g/mol. The highest BCUT2D eigenvalue weighted by Gasteiger charge is 2.62. The van der Waals surface area contributed by atoms with Crippen LogP contribution in [0.2, 0.25) is 0 Å². The lowest BCUT2D eigenvalue weighted by Crippen LogP contribution is -2.80. The summed E-state index contributed by atoms with van der Waals surface area (Å²) in [5.74, 6) is 5.73. The van der Waals surface area contributed by atoms with E-state index >= 15 is 0 Å². The molecule has 1 aliphatic heterocycles. The summed E-state index contributed by atoms with van der Waals surface area (Å²) >= 11 is 5.71. The second-order valence-corrected chi connectivity index (χ2v) is 10.1. The lowest BCUT2D eigenvalue weighted by atomic mass is 9.74. The van der Waals surface area contributed by atoms with Crippen LogP contribution in [-0.4, -0.2) is 71.6 Å². The number of carbonyl (C=O) groups is 1. The van der Waals surface area contributed by atoms with Gasteiger partial charge in [0, 0.05) is 49.3 Å². The standard InChI is InChI=1S/C29H38ClN3O4/c1-22(35)27-26(21-34)33(37,20-24-13-9-12-23(19-24)11-5-4-8-16-30)28(27)29(36)31-17-10-18-32(2)25-14-6-3-7-15-25/h3,6-7,9,12-15,19,22,26-28,34-35H,4,8,10,16-18,20-21H2,1-2H3,(H,31,36)/t22-,26-,27+,28-,33?/m1/s1. The molecule has 3 rings (SSSR count). The van der Waals surface area contributed by atoms with Crippen LogP contribution in [-0.2, 0) is 11.3 Å². The molecule has 200 valence electrons. The fourth-order valence-corrected chi connectivity index (χ4v) is 5.26. The van der Waals surface area contributed by atoms with Gasteiger partial charge in [-0.2, -0.15) is 0 Å². The summed E-state index contributed by atoms with van der Waals surface area (Å²) in [6.45, 7) is 2.34. The van der Waals surface area contributed by atoms with Gasteiger partial charge in [-0.05, 0) is 44.0 Å². The molecule has 0 aromatic heterocycles. The average Bonchev–Trinajstić information content (AvgIpc) is 2.88. The minimum Gasteiger partial charge on any atom is -0.632 e. The smallest absolute Gasteiger partial charge is 0.279 e. The first kappa shape index (κ1) is 29.0. The number of nitrogens with zero attached hydrogens (tertiary/aromatic N) is 2. The van der Waals surface area contributed by atoms with Gasteiger partial charge in [0.1, 0.15) is 18.5 Å². The second kappa shape index (κ2) is 13.8. The maximum Gasteiger partial charge on any atom is 0.279 e. The number of hydroxylamine groups is 3. The predicted octanol–water partition coefficient (Wildman–Crippen LogP) is 3.25. The minimum absolute atomic E-state index is 0.0144. The topological polar surface area (TPSA) is 95.9 Å². The number of halogens is 1. The summed E-state index contributed by atoms with van der Waals surface area (Å²) in [4.78, 5) is 15.3. The van der Waals surface area contributed by atoms with E-state index in [-0.39, 0.29) is 12.5 Å². The van der Waals surface area contributed by atoms with Crippen LogP contribution in [0.5, 0.6) is 0 Å². The third-order valence-electron chi connectivity index (χ3n) is 7.05. The van der Waals surface area contributed by atoms with Crippen molar-refractivity contribution in [3.63, 3.8) is 0 Å². The molecule has 1 heterocycles. The Morgan fingerprint density at radius 2 is 1.97 bits per heavy atom. The number of benzene rings is 2. The van der Waals surface area contributed by atoms with Crippen molar-refractivity contribution in [2.24, 2.45) is 5.92 Å². The molecule has 2 aromatic rings. The normalized spacial score (nSPS) is 23.4. The van der Waals surface area contributed by atoms with Crippen LogP contribution < -0.4 is 10.2 Å². The molecule has 8 heteroatoms. The van der Waals surface area contributed by atoms with Crippen molar-refractivity contribution in [2.45, 2.75) is 50.9 Å². The van der Waals surface area contributed by atoms with E-state index in [4.69, 9.17) is 11.6 Å². The number of quaternary nitrogens is 1. The molecule has 5 atom stereocenters. The van der Waals surface area contributed by atoms with E-state index < -0.39 is 35.4 Å². The van der Waals surface area contributed by atoms with Gasteiger partial charge in [0.05, 0.1) is 12.7 Å². The van der Waals surface area contributed by atoms with Crippen molar-refractivity contribution < 1.29 is 19.7 Å². The van der Waals surface area contributed by atoms with Gasteiger partial charge in [-0.15, -0.1) is 11.6 Å². The maximum atomic E-state index is 14.1. The van der Waals surface area contributed by atoms with Crippen molar-refractivity contribution in [3.8, 4) is 11.8 Å². The van der Waals surface area contributed by atoms with Crippen LogP contribution >= 0.6 is 11.6 Å². The zero-order valence-corrected chi connectivity index (χ0v) is 22.4. The summed E-state index contributed by atoms with van der Waals surface area (Å²) in [6.07, 6.45) is 1.32.